The fourth-order valence-corrected chi connectivity index (χ4v) is 18.2. The molecule has 4 heteroatoms. The number of piperidine rings is 2. The van der Waals surface area contributed by atoms with E-state index in [0.29, 0.717) is 77.4 Å². The molecule has 4 heterocycles. The van der Waals surface area contributed by atoms with Crippen LogP contribution >= 0.6 is 0 Å². The van der Waals surface area contributed by atoms with Crippen LogP contribution in [-0.4, -0.2) is 57.0 Å². The van der Waals surface area contributed by atoms with E-state index in [1.165, 1.54) is 22.6 Å². The van der Waals surface area contributed by atoms with E-state index in [9.17, 15) is 0 Å². The Kier molecular flexibility index (Phi) is 12.3. The zero-order valence-corrected chi connectivity index (χ0v) is 47.1. The molecule has 2 fully saturated rings. The van der Waals surface area contributed by atoms with Crippen LogP contribution in [0.15, 0.2) is 228 Å². The molecule has 0 aromatic heterocycles. The van der Waals surface area contributed by atoms with Crippen LogP contribution in [0.3, 0.4) is 0 Å². The topological polar surface area (TPSA) is 13.0 Å². The van der Waals surface area contributed by atoms with E-state index >= 15 is 0 Å². The van der Waals surface area contributed by atoms with Crippen LogP contribution in [0.4, 0.5) is 5.69 Å². The number of allylic oxidation sites excluding steroid dienone is 22. The molecular weight excluding hydrogens is 933 g/mol. The fourth-order valence-electron chi connectivity index (χ4n) is 18.2. The Bertz CT molecular complexity index is 3040. The van der Waals surface area contributed by atoms with Crippen LogP contribution in [-0.2, 0) is 5.41 Å². The lowest BCUT2D eigenvalue weighted by atomic mass is 9.53. The van der Waals surface area contributed by atoms with E-state index in [-0.39, 0.29) is 29.0 Å². The van der Waals surface area contributed by atoms with Crippen molar-refractivity contribution in [2.45, 2.75) is 148 Å². The van der Waals surface area contributed by atoms with Crippen molar-refractivity contribution < 1.29 is 0 Å². The average Bonchev–Trinajstić information content (AvgIpc) is 3.47. The summed E-state index contributed by atoms with van der Waals surface area (Å²) in [6.07, 6.45) is 76.5. The molecule has 77 heavy (non-hydrogen) atoms. The second kappa shape index (κ2) is 19.2. The highest BCUT2D eigenvalue weighted by Gasteiger charge is 2.59. The maximum atomic E-state index is 3.12. The molecule has 13 aliphatic rings. The van der Waals surface area contributed by atoms with Gasteiger partial charge in [-0.2, -0.15) is 0 Å². The normalized spacial score (nSPS) is 37.9. The van der Waals surface area contributed by atoms with E-state index in [1.54, 1.807) is 28.1 Å². The van der Waals surface area contributed by atoms with E-state index in [2.05, 4.69) is 256 Å². The van der Waals surface area contributed by atoms with Crippen molar-refractivity contribution in [3.8, 4) is 0 Å². The Balaban J connectivity index is 0.894. The second-order valence-corrected chi connectivity index (χ2v) is 27.0. The molecule has 4 nitrogen and oxygen atoms in total. The van der Waals surface area contributed by atoms with Crippen molar-refractivity contribution in [1.29, 1.82) is 0 Å². The van der Waals surface area contributed by atoms with E-state index in [1.807, 2.05) is 0 Å². The first-order valence-electron chi connectivity index (χ1n) is 30.3. The second-order valence-electron chi connectivity index (χ2n) is 27.0. The molecule has 396 valence electrons. The standard InChI is InChI=1S/C73H84N4/c1-47(2)69-53-24-8-16-32-61(53)75(62-33-17-9-25-54(62)69)50-44-51(46-52(45-50)77-67-38-22-14-30-59(67)73(6,7)60-31-15-23-39-68(60)77)76-65-36-20-12-28-57(65)71(58-29-13-21-37-66(58)76)70-55-26-10-18-34-63(55)74(64-35-19-11-27-56(64)70)49-42-40-48(41-43-49)72(3,4)5/h8-16,18-30,34-40,42,45,47,51-52,55-58,60-61,63-66,69-71H,17,31-33,41,43-44,46H2,1-7H3. The summed E-state index contributed by atoms with van der Waals surface area (Å²) < 4.78 is 0. The highest BCUT2D eigenvalue weighted by Crippen LogP contribution is 2.59. The van der Waals surface area contributed by atoms with Gasteiger partial charge in [0.2, 0.25) is 0 Å². The largest absolute Gasteiger partial charge is 0.361 e. The number of fused-ring (bicyclic) bond motifs is 7. The van der Waals surface area contributed by atoms with Crippen LogP contribution in [0.2, 0.25) is 0 Å². The summed E-state index contributed by atoms with van der Waals surface area (Å²) in [5.41, 5.74) is 14.0. The molecule has 0 saturated carbocycles. The highest BCUT2D eigenvalue weighted by molar-refractivity contribution is 5.68. The quantitative estimate of drug-likeness (QED) is 0.282. The lowest BCUT2D eigenvalue weighted by molar-refractivity contribution is -0.0723. The summed E-state index contributed by atoms with van der Waals surface area (Å²) in [4.78, 5) is 11.8. The summed E-state index contributed by atoms with van der Waals surface area (Å²) in [6.45, 7) is 17.1. The molecule has 1 aromatic carbocycles. The summed E-state index contributed by atoms with van der Waals surface area (Å²) >= 11 is 0. The van der Waals surface area contributed by atoms with Gasteiger partial charge in [0.25, 0.3) is 0 Å². The van der Waals surface area contributed by atoms with Gasteiger partial charge in [0, 0.05) is 93.9 Å². The molecule has 0 radical (unpaired) electrons. The van der Waals surface area contributed by atoms with E-state index in [4.69, 9.17) is 0 Å². The van der Waals surface area contributed by atoms with Crippen molar-refractivity contribution >= 4 is 5.69 Å². The predicted octanol–water partition coefficient (Wildman–Crippen LogP) is 16.1. The molecule has 4 aliphatic heterocycles. The molecule has 2 saturated heterocycles. The molecule has 0 N–H and O–H groups in total. The van der Waals surface area contributed by atoms with E-state index < -0.39 is 0 Å². The molecule has 13 unspecified atom stereocenters. The maximum absolute atomic E-state index is 3.12. The summed E-state index contributed by atoms with van der Waals surface area (Å²) in [7, 11) is 0. The Morgan fingerprint density at radius 3 is 1.88 bits per heavy atom. The number of anilines is 1. The third kappa shape index (κ3) is 7.98. The van der Waals surface area contributed by atoms with Crippen LogP contribution < -0.4 is 4.90 Å². The first kappa shape index (κ1) is 49.5. The van der Waals surface area contributed by atoms with Crippen molar-refractivity contribution in [2.24, 2.45) is 58.7 Å². The lowest BCUT2D eigenvalue weighted by Gasteiger charge is -2.63. The maximum Gasteiger partial charge on any atom is 0.0588 e. The van der Waals surface area contributed by atoms with Crippen LogP contribution in [0.1, 0.15) is 105 Å². The molecule has 0 bridgehead atoms. The van der Waals surface area contributed by atoms with Gasteiger partial charge in [0.15, 0.2) is 0 Å². The van der Waals surface area contributed by atoms with Gasteiger partial charge in [-0.15, -0.1) is 0 Å². The number of hydrogen-bond donors (Lipinski definition) is 0. The van der Waals surface area contributed by atoms with Crippen LogP contribution in [0, 0.1) is 58.7 Å². The summed E-state index contributed by atoms with van der Waals surface area (Å²) in [5, 5.41) is 0. The minimum Gasteiger partial charge on any atom is -0.361 e. The van der Waals surface area contributed by atoms with Gasteiger partial charge in [-0.25, -0.2) is 0 Å². The number of rotatable bonds is 6. The van der Waals surface area contributed by atoms with Gasteiger partial charge < -0.3 is 14.7 Å². The minimum atomic E-state index is 0.0209. The zero-order valence-electron chi connectivity index (χ0n) is 47.1. The number of nitrogens with zero attached hydrogens (tertiary/aromatic N) is 4. The van der Waals surface area contributed by atoms with Crippen molar-refractivity contribution in [2.75, 3.05) is 4.90 Å². The number of hydrogen-bond acceptors (Lipinski definition) is 4. The SMILES string of the molecule is CC(C)C1C2=CC=CCC2N(C2=CC(N3C4=CC=CCC4C(C)(C)c4ccccc43)CC(N3C4C=CC=CC4C(C4C5C=CC=CC5N(C5=CC=C(C(C)(C)C)CC5)C5C=CC=CC45)C4C=CC=CC43)C2)C2=C1C=CCC2. The molecule has 14 rings (SSSR count). The smallest absolute Gasteiger partial charge is 0.0588 e. The van der Waals surface area contributed by atoms with Crippen LogP contribution in [0.5, 0.6) is 0 Å². The fraction of sp³-hybridized carbons (Fsp3) is 0.452. The third-order valence-electron chi connectivity index (χ3n) is 21.4. The van der Waals surface area contributed by atoms with Gasteiger partial charge in [0.05, 0.1) is 24.2 Å². The lowest BCUT2D eigenvalue weighted by Crippen LogP contribution is -2.67. The Morgan fingerprint density at radius 1 is 0.610 bits per heavy atom. The number of benzene rings is 1. The van der Waals surface area contributed by atoms with Crippen LogP contribution in [0.25, 0.3) is 0 Å². The van der Waals surface area contributed by atoms with Gasteiger partial charge in [-0.1, -0.05) is 218 Å². The summed E-state index contributed by atoms with van der Waals surface area (Å²) in [5.74, 6) is 3.87. The number of para-hydroxylation sites is 1. The van der Waals surface area contributed by atoms with E-state index in [0.717, 1.165) is 51.4 Å². The Labute approximate surface area is 462 Å². The first-order chi connectivity index (χ1) is 37.5. The monoisotopic (exact) mass is 1020 g/mol. The zero-order chi connectivity index (χ0) is 52.3. The van der Waals surface area contributed by atoms with Gasteiger partial charge in [-0.3, -0.25) is 4.90 Å². The van der Waals surface area contributed by atoms with Crippen molar-refractivity contribution in [3.05, 3.63) is 233 Å². The van der Waals surface area contributed by atoms with Gasteiger partial charge in [0.1, 0.15) is 0 Å². The predicted molar refractivity (Wildman–Crippen MR) is 321 cm³/mol. The number of likely N-dealkylation sites (tertiary alicyclic amines) is 2. The summed E-state index contributed by atoms with van der Waals surface area (Å²) in [6, 6.07) is 11.5. The Hall–Kier alpha value is -5.84. The molecular formula is C73H84N4. The molecule has 9 aliphatic carbocycles. The molecule has 1 aromatic rings. The van der Waals surface area contributed by atoms with Crippen molar-refractivity contribution in [3.63, 3.8) is 0 Å². The average molecular weight is 1020 g/mol. The minimum absolute atomic E-state index is 0.0209. The highest BCUT2D eigenvalue weighted by atomic mass is 15.3. The molecule has 0 spiro atoms. The first-order valence-corrected chi connectivity index (χ1v) is 30.3. The van der Waals surface area contributed by atoms with Crippen molar-refractivity contribution in [1.82, 2.24) is 14.7 Å². The van der Waals surface area contributed by atoms with Gasteiger partial charge >= 0.3 is 0 Å². The molecule has 13 atom stereocenters. The van der Waals surface area contributed by atoms with Gasteiger partial charge in [-0.05, 0) is 109 Å². The Morgan fingerprint density at radius 2 is 1.23 bits per heavy atom. The molecule has 0 amide bonds. The third-order valence-corrected chi connectivity index (χ3v) is 21.4.